The summed E-state index contributed by atoms with van der Waals surface area (Å²) in [4.78, 5) is -0.334. The predicted molar refractivity (Wildman–Crippen MR) is 88.5 cm³/mol. The monoisotopic (exact) mass is 398 g/mol. The van der Waals surface area contributed by atoms with E-state index in [0.29, 0.717) is 22.7 Å². The molecule has 4 rings (SSSR count). The SMILES string of the molecule is Cc1nn2c(Cl)n[nH]c2c1/N=N/c1ccc(S(=O)(=O)O)c2nsnc12. The maximum Gasteiger partial charge on any atom is 0.296 e. The summed E-state index contributed by atoms with van der Waals surface area (Å²) < 4.78 is 41.4. The highest BCUT2D eigenvalue weighted by Gasteiger charge is 2.19. The van der Waals surface area contributed by atoms with Gasteiger partial charge in [0.2, 0.25) is 5.28 Å². The number of fused-ring (bicyclic) bond motifs is 2. The van der Waals surface area contributed by atoms with Gasteiger partial charge in [0.25, 0.3) is 10.1 Å². The fourth-order valence-corrected chi connectivity index (χ4v) is 3.66. The normalized spacial score (nSPS) is 12.8. The molecule has 0 saturated carbocycles. The molecule has 0 unspecified atom stereocenters. The zero-order valence-corrected chi connectivity index (χ0v) is 14.6. The molecule has 25 heavy (non-hydrogen) atoms. The lowest BCUT2D eigenvalue weighted by molar-refractivity contribution is 0.484. The molecule has 0 fully saturated rings. The second kappa shape index (κ2) is 5.52. The smallest absolute Gasteiger partial charge is 0.282 e. The molecule has 14 heteroatoms. The van der Waals surface area contributed by atoms with Crippen molar-refractivity contribution < 1.29 is 13.0 Å². The lowest BCUT2D eigenvalue weighted by Crippen LogP contribution is -1.98. The van der Waals surface area contributed by atoms with E-state index in [4.69, 9.17) is 11.6 Å². The molecule has 0 aliphatic rings. The zero-order valence-electron chi connectivity index (χ0n) is 12.2. The van der Waals surface area contributed by atoms with E-state index in [1.165, 1.54) is 16.6 Å². The third kappa shape index (κ3) is 2.57. The Morgan fingerprint density at radius 1 is 1.28 bits per heavy atom. The number of hydrogen-bond acceptors (Lipinski definition) is 9. The maximum atomic E-state index is 11.4. The molecule has 0 bridgehead atoms. The van der Waals surface area contributed by atoms with Gasteiger partial charge in [-0.1, -0.05) is 0 Å². The Hall–Kier alpha value is -2.48. The minimum absolute atomic E-state index is 0.0328. The summed E-state index contributed by atoms with van der Waals surface area (Å²) in [7, 11) is -4.42. The number of aromatic amines is 1. The average Bonchev–Trinajstić information content (AvgIpc) is 3.22. The molecule has 0 atom stereocenters. The van der Waals surface area contributed by atoms with Crippen molar-refractivity contribution in [1.82, 2.24) is 28.6 Å². The first kappa shape index (κ1) is 16.0. The Morgan fingerprint density at radius 3 is 2.80 bits per heavy atom. The number of benzene rings is 1. The largest absolute Gasteiger partial charge is 0.296 e. The van der Waals surface area contributed by atoms with Gasteiger partial charge in [-0.05, 0) is 30.7 Å². The number of nitrogens with one attached hydrogen (secondary N) is 1. The highest BCUT2D eigenvalue weighted by Crippen LogP contribution is 2.32. The van der Waals surface area contributed by atoms with Crippen LogP contribution in [0, 0.1) is 6.92 Å². The summed E-state index contributed by atoms with van der Waals surface area (Å²) in [6, 6.07) is 2.58. The van der Waals surface area contributed by atoms with E-state index in [1.807, 2.05) is 0 Å². The fraction of sp³-hybridized carbons (Fsp3) is 0.0909. The summed E-state index contributed by atoms with van der Waals surface area (Å²) in [5, 5.41) is 19.1. The van der Waals surface area contributed by atoms with E-state index in [2.05, 4.69) is 34.3 Å². The summed E-state index contributed by atoms with van der Waals surface area (Å²) in [6.45, 7) is 1.73. The Kier molecular flexibility index (Phi) is 3.54. The summed E-state index contributed by atoms with van der Waals surface area (Å²) in [6.07, 6.45) is 0. The molecule has 3 heterocycles. The van der Waals surface area contributed by atoms with Crippen molar-refractivity contribution in [2.75, 3.05) is 0 Å². The predicted octanol–water partition coefficient (Wildman–Crippen LogP) is 2.69. The summed E-state index contributed by atoms with van der Waals surface area (Å²) >= 11 is 6.69. The first-order valence-corrected chi connectivity index (χ1v) is 9.15. The summed E-state index contributed by atoms with van der Waals surface area (Å²) in [5.74, 6) is 0. The minimum Gasteiger partial charge on any atom is -0.282 e. The number of hydrogen-bond donors (Lipinski definition) is 2. The molecule has 1 aromatic carbocycles. The molecule has 2 N–H and O–H groups in total. The standard InChI is InChI=1S/C11H7ClN8O3S2/c1-4-7(10-15-16-11(12)20(10)17-4)14-13-5-2-3-6(25(21,22)23)9-8(5)18-24-19-9/h2-3,15H,1H3,(H,21,22,23)/b14-13+. The van der Waals surface area contributed by atoms with Gasteiger partial charge in [0, 0.05) is 0 Å². The van der Waals surface area contributed by atoms with Crippen molar-refractivity contribution in [3.05, 3.63) is 23.1 Å². The average molecular weight is 399 g/mol. The Morgan fingerprint density at radius 2 is 2.04 bits per heavy atom. The molecular weight excluding hydrogens is 392 g/mol. The van der Waals surface area contributed by atoms with Gasteiger partial charge in [-0.15, -0.1) is 15.3 Å². The van der Waals surface area contributed by atoms with Crippen LogP contribution in [-0.4, -0.2) is 41.5 Å². The van der Waals surface area contributed by atoms with Crippen molar-refractivity contribution in [3.8, 4) is 0 Å². The second-order valence-electron chi connectivity index (χ2n) is 4.91. The lowest BCUT2D eigenvalue weighted by atomic mass is 10.3. The topological polar surface area (TPSA) is 151 Å². The van der Waals surface area contributed by atoms with Gasteiger partial charge < -0.3 is 0 Å². The molecule has 0 spiro atoms. The van der Waals surface area contributed by atoms with E-state index in [1.54, 1.807) is 6.92 Å². The van der Waals surface area contributed by atoms with Crippen molar-refractivity contribution in [1.29, 1.82) is 0 Å². The molecule has 0 aliphatic carbocycles. The number of halogens is 1. The van der Waals surface area contributed by atoms with Gasteiger partial charge in [-0.2, -0.15) is 26.8 Å². The van der Waals surface area contributed by atoms with Crippen LogP contribution < -0.4 is 0 Å². The molecule has 0 saturated heterocycles. The van der Waals surface area contributed by atoms with Gasteiger partial charge in [0.1, 0.15) is 21.6 Å². The van der Waals surface area contributed by atoms with Crippen molar-refractivity contribution in [3.63, 3.8) is 0 Å². The zero-order chi connectivity index (χ0) is 17.8. The van der Waals surface area contributed by atoms with Crippen molar-refractivity contribution in [2.45, 2.75) is 11.8 Å². The molecule has 11 nitrogen and oxygen atoms in total. The fourth-order valence-electron chi connectivity index (χ4n) is 2.24. The van der Waals surface area contributed by atoms with Gasteiger partial charge in [-0.25, -0.2) is 0 Å². The lowest BCUT2D eigenvalue weighted by Gasteiger charge is -1.99. The van der Waals surface area contributed by atoms with Crippen LogP contribution >= 0.6 is 23.3 Å². The molecule has 128 valence electrons. The highest BCUT2D eigenvalue weighted by atomic mass is 35.5. The van der Waals surface area contributed by atoms with E-state index in [0.717, 1.165) is 11.7 Å². The molecule has 0 amide bonds. The molecular formula is C11H7ClN8O3S2. The van der Waals surface area contributed by atoms with Crippen LogP contribution in [0.25, 0.3) is 16.7 Å². The van der Waals surface area contributed by atoms with E-state index in [9.17, 15) is 13.0 Å². The van der Waals surface area contributed by atoms with E-state index in [-0.39, 0.29) is 21.2 Å². The molecule has 0 radical (unpaired) electrons. The highest BCUT2D eigenvalue weighted by molar-refractivity contribution is 7.86. The minimum atomic E-state index is -4.42. The first-order valence-electron chi connectivity index (χ1n) is 6.60. The van der Waals surface area contributed by atoms with E-state index >= 15 is 0 Å². The third-order valence-electron chi connectivity index (χ3n) is 3.35. The Bertz CT molecular complexity index is 1260. The molecule has 0 aliphatic heterocycles. The number of aromatic nitrogens is 6. The van der Waals surface area contributed by atoms with Crippen LogP contribution in [-0.2, 0) is 10.1 Å². The molecule has 3 aromatic heterocycles. The third-order valence-corrected chi connectivity index (χ3v) is 5.01. The van der Waals surface area contributed by atoms with Crippen LogP contribution in [0.5, 0.6) is 0 Å². The number of H-pyrrole nitrogens is 1. The van der Waals surface area contributed by atoms with Crippen LogP contribution in [0.2, 0.25) is 5.28 Å². The van der Waals surface area contributed by atoms with Crippen molar-refractivity contribution >= 4 is 61.5 Å². The van der Waals surface area contributed by atoms with Crippen LogP contribution in [0.15, 0.2) is 27.3 Å². The van der Waals surface area contributed by atoms with Gasteiger partial charge >= 0.3 is 0 Å². The Balaban J connectivity index is 1.85. The Labute approximate surface area is 148 Å². The number of aryl methyl sites for hydroxylation is 1. The molecule has 4 aromatic rings. The quantitative estimate of drug-likeness (QED) is 0.397. The maximum absolute atomic E-state index is 11.4. The van der Waals surface area contributed by atoms with Gasteiger partial charge in [0.15, 0.2) is 11.3 Å². The van der Waals surface area contributed by atoms with Crippen LogP contribution in [0.1, 0.15) is 5.69 Å². The van der Waals surface area contributed by atoms with Crippen LogP contribution in [0.4, 0.5) is 11.4 Å². The first-order chi connectivity index (χ1) is 11.9. The van der Waals surface area contributed by atoms with Crippen molar-refractivity contribution in [2.24, 2.45) is 10.2 Å². The number of rotatable bonds is 3. The number of azo groups is 1. The van der Waals surface area contributed by atoms with E-state index < -0.39 is 10.1 Å². The van der Waals surface area contributed by atoms with Gasteiger partial charge in [-0.3, -0.25) is 9.65 Å². The number of nitrogens with zero attached hydrogens (tertiary/aromatic N) is 7. The van der Waals surface area contributed by atoms with Crippen LogP contribution in [0.3, 0.4) is 0 Å². The second-order valence-corrected chi connectivity index (χ2v) is 7.16. The summed E-state index contributed by atoms with van der Waals surface area (Å²) in [5.41, 5.74) is 2.00. The van der Waals surface area contributed by atoms with Gasteiger partial charge in [0.05, 0.1) is 17.4 Å².